The van der Waals surface area contributed by atoms with E-state index in [1.807, 2.05) is 0 Å². The minimum Gasteiger partial charge on any atom is -0.388 e. The van der Waals surface area contributed by atoms with Gasteiger partial charge in [0.15, 0.2) is 0 Å². The largest absolute Gasteiger partial charge is 0.388 e. The predicted molar refractivity (Wildman–Crippen MR) is 107 cm³/mol. The van der Waals surface area contributed by atoms with E-state index >= 15 is 0 Å². The van der Waals surface area contributed by atoms with E-state index in [4.69, 9.17) is 11.3 Å². The second kappa shape index (κ2) is 13.8. The van der Waals surface area contributed by atoms with Gasteiger partial charge in [-0.05, 0) is 29.9 Å². The molecule has 4 unspecified atom stereocenters. The average molecular weight is 445 g/mol. The molecule has 2 rings (SSSR count). The zero-order valence-electron chi connectivity index (χ0n) is 16.8. The molecule has 0 saturated heterocycles. The van der Waals surface area contributed by atoms with Crippen molar-refractivity contribution >= 4 is 0 Å². The molecule has 4 atom stereocenters. The molecule has 1 aromatic rings. The fourth-order valence-electron chi connectivity index (χ4n) is 3.99. The van der Waals surface area contributed by atoms with Crippen molar-refractivity contribution in [1.29, 1.82) is 0 Å². The van der Waals surface area contributed by atoms with Crippen LogP contribution in [0, 0.1) is 19.4 Å². The molecule has 4 heteroatoms. The molecule has 1 saturated carbocycles. The summed E-state index contributed by atoms with van der Waals surface area (Å²) in [5.74, 6) is 0.665. The van der Waals surface area contributed by atoms with E-state index in [0.717, 1.165) is 50.7 Å². The molecular weight excluding hydrogens is 411 g/mol. The zero-order valence-corrected chi connectivity index (χ0v) is 19.6. The van der Waals surface area contributed by atoms with Crippen LogP contribution in [-0.2, 0) is 37.4 Å². The van der Waals surface area contributed by atoms with Crippen LogP contribution in [0.1, 0.15) is 81.4 Å². The van der Waals surface area contributed by atoms with Crippen LogP contribution in [-0.4, -0.2) is 24.4 Å². The summed E-state index contributed by atoms with van der Waals surface area (Å²) in [6.45, 7) is 14.9. The van der Waals surface area contributed by atoms with Gasteiger partial charge in [-0.3, -0.25) is 0 Å². The van der Waals surface area contributed by atoms with Gasteiger partial charge in [-0.15, -0.1) is 0 Å². The number of ether oxygens (including phenoxy) is 1. The molecule has 147 valence electrons. The molecule has 1 aromatic carbocycles. The van der Waals surface area contributed by atoms with Crippen molar-refractivity contribution < 1.29 is 42.6 Å². The molecule has 0 bridgehead atoms. The van der Waals surface area contributed by atoms with Crippen LogP contribution < -0.4 is 0 Å². The van der Waals surface area contributed by atoms with E-state index < -0.39 is 0 Å². The number of aliphatic hydroxyl groups excluding tert-OH is 1. The Kier molecular flexibility index (Phi) is 12.7. The fourth-order valence-corrected chi connectivity index (χ4v) is 3.99. The summed E-state index contributed by atoms with van der Waals surface area (Å²) >= 11 is 0. The van der Waals surface area contributed by atoms with Crippen molar-refractivity contribution in [3.05, 3.63) is 53.7 Å². The van der Waals surface area contributed by atoms with E-state index in [2.05, 4.69) is 43.0 Å². The van der Waals surface area contributed by atoms with Crippen LogP contribution in [0.3, 0.4) is 0 Å². The molecule has 1 N–H and O–H groups in total. The SMILES string of the molecule is [C-]#[N+]C1CCC(c2ccc(C(O)CCCCC)cc2)C1COCCC[CH2-].[Y]. The van der Waals surface area contributed by atoms with Crippen molar-refractivity contribution in [2.45, 2.75) is 76.4 Å². The van der Waals surface area contributed by atoms with Crippen molar-refractivity contribution in [1.82, 2.24) is 0 Å². The molecule has 3 nitrogen and oxygen atoms in total. The normalized spacial score (nSPS) is 22.8. The van der Waals surface area contributed by atoms with Crippen LogP contribution in [0.4, 0.5) is 0 Å². The Bertz CT molecular complexity index is 554. The molecule has 0 aromatic heterocycles. The number of unbranched alkanes of at least 4 members (excludes halogenated alkanes) is 3. The molecule has 0 aliphatic heterocycles. The van der Waals surface area contributed by atoms with Gasteiger partial charge in [0.1, 0.15) is 0 Å². The fraction of sp³-hybridized carbons (Fsp3) is 0.652. The maximum absolute atomic E-state index is 10.3. The Morgan fingerprint density at radius 3 is 2.59 bits per heavy atom. The number of hydrogen-bond acceptors (Lipinski definition) is 2. The van der Waals surface area contributed by atoms with Crippen molar-refractivity contribution in [2.24, 2.45) is 5.92 Å². The van der Waals surface area contributed by atoms with E-state index in [0.29, 0.717) is 12.5 Å². The summed E-state index contributed by atoms with van der Waals surface area (Å²) < 4.78 is 5.84. The maximum Gasteiger partial charge on any atom is 0.229 e. The van der Waals surface area contributed by atoms with Gasteiger partial charge in [-0.1, -0.05) is 56.9 Å². The van der Waals surface area contributed by atoms with E-state index in [-0.39, 0.29) is 50.8 Å². The van der Waals surface area contributed by atoms with Gasteiger partial charge in [-0.25, -0.2) is 6.57 Å². The molecule has 1 aliphatic carbocycles. The molecular formula is C23H34NO2Y-. The molecule has 0 amide bonds. The van der Waals surface area contributed by atoms with E-state index in [1.54, 1.807) is 0 Å². The summed E-state index contributed by atoms with van der Waals surface area (Å²) in [5, 5.41) is 10.3. The van der Waals surface area contributed by atoms with Crippen molar-refractivity contribution in [2.75, 3.05) is 13.2 Å². The topological polar surface area (TPSA) is 33.8 Å². The van der Waals surface area contributed by atoms with Gasteiger partial charge >= 0.3 is 0 Å². The Balaban J connectivity index is 0.00000364. The standard InChI is InChI=1S/C23H34NO2.Y/c1-4-6-8-9-23(25)19-12-10-18(11-13-19)20-14-15-22(24-3)21(20)17-26-16-7-5-2;/h10-13,20-23,25H,2,4-9,14-17H2,1H3;/q-1;. The second-order valence-corrected chi connectivity index (χ2v) is 7.50. The predicted octanol–water partition coefficient (Wildman–Crippen LogP) is 5.71. The van der Waals surface area contributed by atoms with Gasteiger partial charge < -0.3 is 21.6 Å². The summed E-state index contributed by atoms with van der Waals surface area (Å²) in [7, 11) is 0. The molecule has 27 heavy (non-hydrogen) atoms. The van der Waals surface area contributed by atoms with Crippen molar-refractivity contribution in [3.63, 3.8) is 0 Å². The summed E-state index contributed by atoms with van der Waals surface area (Å²) in [6, 6.07) is 8.51. The summed E-state index contributed by atoms with van der Waals surface area (Å²) in [6.07, 6.45) is 7.76. The van der Waals surface area contributed by atoms with E-state index in [9.17, 15) is 5.11 Å². The first-order valence-electron chi connectivity index (χ1n) is 10.2. The Morgan fingerprint density at radius 2 is 1.96 bits per heavy atom. The number of aliphatic hydroxyl groups is 1. The van der Waals surface area contributed by atoms with Crippen LogP contribution in [0.15, 0.2) is 24.3 Å². The van der Waals surface area contributed by atoms with Gasteiger partial charge in [0.05, 0.1) is 18.6 Å². The van der Waals surface area contributed by atoms with Crippen LogP contribution >= 0.6 is 0 Å². The molecule has 0 spiro atoms. The molecule has 1 aliphatic rings. The van der Waals surface area contributed by atoms with Gasteiger partial charge in [0.2, 0.25) is 6.04 Å². The monoisotopic (exact) mass is 445 g/mol. The van der Waals surface area contributed by atoms with Crippen molar-refractivity contribution in [3.8, 4) is 0 Å². The van der Waals surface area contributed by atoms with Crippen LogP contribution in [0.2, 0.25) is 0 Å². The number of nitrogens with zero attached hydrogens (tertiary/aromatic N) is 1. The molecule has 1 radical (unpaired) electrons. The summed E-state index contributed by atoms with van der Waals surface area (Å²) in [5.41, 5.74) is 2.29. The molecule has 0 heterocycles. The van der Waals surface area contributed by atoms with Crippen LogP contribution in [0.5, 0.6) is 0 Å². The number of rotatable bonds is 11. The average Bonchev–Trinajstić information content (AvgIpc) is 3.08. The third-order valence-corrected chi connectivity index (χ3v) is 5.63. The minimum atomic E-state index is -0.364. The van der Waals surface area contributed by atoms with E-state index in [1.165, 1.54) is 18.4 Å². The smallest absolute Gasteiger partial charge is 0.229 e. The third-order valence-electron chi connectivity index (χ3n) is 5.63. The summed E-state index contributed by atoms with van der Waals surface area (Å²) in [4.78, 5) is 3.85. The molecule has 1 fully saturated rings. The third kappa shape index (κ3) is 7.58. The Hall–Kier alpha value is -0.266. The quantitative estimate of drug-likeness (QED) is 0.350. The zero-order chi connectivity index (χ0) is 18.8. The van der Waals surface area contributed by atoms with Gasteiger partial charge in [0.25, 0.3) is 0 Å². The Morgan fingerprint density at radius 1 is 1.22 bits per heavy atom. The Labute approximate surface area is 191 Å². The van der Waals surface area contributed by atoms with Crippen LogP contribution in [0.25, 0.3) is 4.85 Å². The second-order valence-electron chi connectivity index (χ2n) is 7.50. The number of benzene rings is 1. The van der Waals surface area contributed by atoms with Gasteiger partial charge in [-0.2, -0.15) is 6.42 Å². The first-order valence-corrected chi connectivity index (χ1v) is 10.2. The first kappa shape index (κ1) is 24.8. The first-order chi connectivity index (χ1) is 12.7. The number of hydrogen-bond donors (Lipinski definition) is 1. The van der Waals surface area contributed by atoms with Gasteiger partial charge in [0, 0.05) is 45.7 Å². The minimum absolute atomic E-state index is 0. The maximum atomic E-state index is 10.3.